The van der Waals surface area contributed by atoms with Gasteiger partial charge in [-0.15, -0.1) is 11.3 Å². The molecule has 0 radical (unpaired) electrons. The van der Waals surface area contributed by atoms with Crippen LogP contribution in [-0.4, -0.2) is 14.2 Å². The van der Waals surface area contributed by atoms with Crippen LogP contribution in [0.1, 0.15) is 22.7 Å². The Morgan fingerprint density at radius 3 is 2.32 bits per heavy atom. The van der Waals surface area contributed by atoms with Crippen LogP contribution in [0, 0.1) is 9.81 Å². The van der Waals surface area contributed by atoms with Gasteiger partial charge in [0, 0.05) is 0 Å². The Morgan fingerprint density at radius 2 is 1.79 bits per heavy atom. The molecule has 0 amide bonds. The summed E-state index contributed by atoms with van der Waals surface area (Å²) in [4.78, 5) is 0. The molecule has 1 aromatic carbocycles. The minimum atomic E-state index is -0.139. The van der Waals surface area contributed by atoms with Crippen LogP contribution in [0.15, 0.2) is 23.6 Å². The van der Waals surface area contributed by atoms with E-state index in [9.17, 15) is 0 Å². The smallest absolute Gasteiger partial charge is 0.161 e. The average Bonchev–Trinajstić information content (AvgIpc) is 2.84. The van der Waals surface area contributed by atoms with Gasteiger partial charge in [-0.2, -0.15) is 0 Å². The number of hydrogen-bond donors (Lipinski definition) is 1. The summed E-state index contributed by atoms with van der Waals surface area (Å²) in [6.45, 7) is 2.04. The summed E-state index contributed by atoms with van der Waals surface area (Å²) < 4.78 is 11.9. The number of thiophene rings is 1. The van der Waals surface area contributed by atoms with Crippen molar-refractivity contribution in [2.45, 2.75) is 13.0 Å². The van der Waals surface area contributed by atoms with E-state index in [2.05, 4.69) is 34.0 Å². The van der Waals surface area contributed by atoms with E-state index in [1.54, 1.807) is 25.6 Å². The lowest BCUT2D eigenvalue weighted by molar-refractivity contribution is 0.354. The van der Waals surface area contributed by atoms with Gasteiger partial charge in [0.05, 0.1) is 23.1 Å². The summed E-state index contributed by atoms with van der Waals surface area (Å²) in [6, 6.07) is 5.90. The van der Waals surface area contributed by atoms with Crippen LogP contribution in [0.25, 0.3) is 0 Å². The molecule has 2 aromatic rings. The van der Waals surface area contributed by atoms with Crippen molar-refractivity contribution >= 4 is 33.9 Å². The molecule has 0 fully saturated rings. The summed E-state index contributed by atoms with van der Waals surface area (Å²) in [5, 5.41) is 2.10. The molecule has 0 bridgehead atoms. The standard InChI is InChI=1S/C14H16INO2S/c1-8-4-11(17-2)12(18-3)6-10(8)14(16)9-5-13(15)19-7-9/h4-7,14H,16H2,1-3H3. The van der Waals surface area contributed by atoms with Crippen molar-refractivity contribution in [3.63, 3.8) is 0 Å². The van der Waals surface area contributed by atoms with E-state index in [1.165, 1.54) is 2.88 Å². The average molecular weight is 389 g/mol. The third kappa shape index (κ3) is 3.04. The highest BCUT2D eigenvalue weighted by Crippen LogP contribution is 2.35. The molecule has 0 saturated carbocycles. The van der Waals surface area contributed by atoms with Crippen molar-refractivity contribution in [1.82, 2.24) is 0 Å². The second-order valence-corrected chi connectivity index (χ2v) is 7.03. The van der Waals surface area contributed by atoms with Gasteiger partial charge in [0.1, 0.15) is 0 Å². The van der Waals surface area contributed by atoms with Crippen LogP contribution in [0.4, 0.5) is 0 Å². The van der Waals surface area contributed by atoms with Crippen molar-refractivity contribution in [2.75, 3.05) is 14.2 Å². The molecular formula is C14H16INO2S. The highest BCUT2D eigenvalue weighted by molar-refractivity contribution is 14.1. The minimum absolute atomic E-state index is 0.139. The van der Waals surface area contributed by atoms with E-state index in [1.807, 2.05) is 19.1 Å². The van der Waals surface area contributed by atoms with Crippen molar-refractivity contribution in [3.05, 3.63) is 43.2 Å². The Morgan fingerprint density at radius 1 is 1.16 bits per heavy atom. The summed E-state index contributed by atoms with van der Waals surface area (Å²) in [5.74, 6) is 1.44. The maximum atomic E-state index is 6.35. The first-order chi connectivity index (χ1) is 9.06. The summed E-state index contributed by atoms with van der Waals surface area (Å²) in [6.07, 6.45) is 0. The largest absolute Gasteiger partial charge is 0.493 e. The van der Waals surface area contributed by atoms with Crippen molar-refractivity contribution in [2.24, 2.45) is 5.73 Å². The van der Waals surface area contributed by atoms with Gasteiger partial charge in [0.2, 0.25) is 0 Å². The van der Waals surface area contributed by atoms with Gasteiger partial charge in [-0.3, -0.25) is 0 Å². The molecule has 2 rings (SSSR count). The Hall–Kier alpha value is -0.790. The number of rotatable bonds is 4. The molecule has 2 N–H and O–H groups in total. The normalized spacial score (nSPS) is 12.3. The lowest BCUT2D eigenvalue weighted by Crippen LogP contribution is -2.13. The number of halogens is 1. The first kappa shape index (κ1) is 14.6. The molecule has 0 aliphatic heterocycles. The molecule has 19 heavy (non-hydrogen) atoms. The minimum Gasteiger partial charge on any atom is -0.493 e. The number of nitrogens with two attached hydrogens (primary N) is 1. The van der Waals surface area contributed by atoms with E-state index in [0.717, 1.165) is 22.4 Å². The van der Waals surface area contributed by atoms with Crippen LogP contribution in [0.2, 0.25) is 0 Å². The Labute approximate surface area is 130 Å². The van der Waals surface area contributed by atoms with E-state index in [-0.39, 0.29) is 6.04 Å². The van der Waals surface area contributed by atoms with Crippen LogP contribution in [0.3, 0.4) is 0 Å². The van der Waals surface area contributed by atoms with Crippen LogP contribution in [-0.2, 0) is 0 Å². The van der Waals surface area contributed by atoms with E-state index in [0.29, 0.717) is 5.75 Å². The lowest BCUT2D eigenvalue weighted by atomic mass is 9.97. The highest BCUT2D eigenvalue weighted by atomic mass is 127. The van der Waals surface area contributed by atoms with E-state index >= 15 is 0 Å². The number of aryl methyl sites for hydroxylation is 1. The number of ether oxygens (including phenoxy) is 2. The fourth-order valence-electron chi connectivity index (χ4n) is 2.00. The van der Waals surface area contributed by atoms with Crippen LogP contribution < -0.4 is 15.2 Å². The second-order valence-electron chi connectivity index (χ2n) is 4.23. The Balaban J connectivity index is 2.44. The molecule has 0 saturated heterocycles. The van der Waals surface area contributed by atoms with Gasteiger partial charge in [0.15, 0.2) is 11.5 Å². The summed E-state index contributed by atoms with van der Waals surface area (Å²) in [7, 11) is 3.27. The van der Waals surface area contributed by atoms with Gasteiger partial charge in [-0.05, 0) is 69.8 Å². The predicted molar refractivity (Wildman–Crippen MR) is 87.3 cm³/mol. The maximum Gasteiger partial charge on any atom is 0.161 e. The molecule has 5 heteroatoms. The Bertz CT molecular complexity index is 583. The third-order valence-corrected chi connectivity index (χ3v) is 4.86. The zero-order chi connectivity index (χ0) is 14.0. The van der Waals surface area contributed by atoms with Gasteiger partial charge in [0.25, 0.3) is 0 Å². The molecule has 0 spiro atoms. The fraction of sp³-hybridized carbons (Fsp3) is 0.286. The SMILES string of the molecule is COc1cc(C)c(C(N)c2csc(I)c2)cc1OC. The molecule has 102 valence electrons. The zero-order valence-electron chi connectivity index (χ0n) is 11.1. The number of methoxy groups -OCH3 is 2. The molecule has 1 aromatic heterocycles. The predicted octanol–water partition coefficient (Wildman–Crippen LogP) is 3.73. The summed E-state index contributed by atoms with van der Waals surface area (Å²) in [5.41, 5.74) is 9.65. The monoisotopic (exact) mass is 389 g/mol. The molecule has 1 unspecified atom stereocenters. The van der Waals surface area contributed by atoms with Crippen molar-refractivity contribution in [3.8, 4) is 11.5 Å². The quantitative estimate of drug-likeness (QED) is 0.811. The molecule has 1 atom stereocenters. The fourth-order valence-corrected chi connectivity index (χ4v) is 3.41. The van der Waals surface area contributed by atoms with Crippen LogP contribution in [0.5, 0.6) is 11.5 Å². The van der Waals surface area contributed by atoms with Crippen molar-refractivity contribution < 1.29 is 9.47 Å². The molecule has 0 aliphatic carbocycles. The van der Waals surface area contributed by atoms with Crippen LogP contribution >= 0.6 is 33.9 Å². The first-order valence-corrected chi connectivity index (χ1v) is 7.74. The number of benzene rings is 1. The number of hydrogen-bond acceptors (Lipinski definition) is 4. The Kier molecular flexibility index (Phi) is 4.70. The highest BCUT2D eigenvalue weighted by Gasteiger charge is 2.16. The second kappa shape index (κ2) is 6.11. The first-order valence-electron chi connectivity index (χ1n) is 5.78. The van der Waals surface area contributed by atoms with Gasteiger partial charge in [-0.1, -0.05) is 0 Å². The van der Waals surface area contributed by atoms with E-state index < -0.39 is 0 Å². The topological polar surface area (TPSA) is 44.5 Å². The van der Waals surface area contributed by atoms with E-state index in [4.69, 9.17) is 15.2 Å². The maximum absolute atomic E-state index is 6.35. The van der Waals surface area contributed by atoms with Gasteiger partial charge >= 0.3 is 0 Å². The molecule has 0 aliphatic rings. The third-order valence-electron chi connectivity index (χ3n) is 3.05. The molecular weight excluding hydrogens is 373 g/mol. The van der Waals surface area contributed by atoms with Gasteiger partial charge in [-0.25, -0.2) is 0 Å². The summed E-state index contributed by atoms with van der Waals surface area (Å²) >= 11 is 4.01. The molecule has 3 nitrogen and oxygen atoms in total. The van der Waals surface area contributed by atoms with Crippen molar-refractivity contribution in [1.29, 1.82) is 0 Å². The van der Waals surface area contributed by atoms with Gasteiger partial charge < -0.3 is 15.2 Å². The zero-order valence-corrected chi connectivity index (χ0v) is 14.0. The molecule has 1 heterocycles. The lowest BCUT2D eigenvalue weighted by Gasteiger charge is -2.17.